The molecule has 0 radical (unpaired) electrons. The molecule has 0 saturated carbocycles. The third kappa shape index (κ3) is 6.53. The number of nitrogens with zero attached hydrogens (tertiary/aromatic N) is 4. The normalized spacial score (nSPS) is 13.9. The number of benzene rings is 4. The van der Waals surface area contributed by atoms with Crippen LogP contribution in [0.3, 0.4) is 0 Å². The Morgan fingerprint density at radius 1 is 0.805 bits per heavy atom. The topological polar surface area (TPSA) is 58.6 Å². The van der Waals surface area contributed by atoms with Crippen molar-refractivity contribution in [3.8, 4) is 10.9 Å². The monoisotopic (exact) mass is 560 g/mol. The van der Waals surface area contributed by atoms with Crippen LogP contribution in [0.15, 0.2) is 109 Å². The standard InChI is InChI=1S/C34H32N4O2S/c1-25-12-14-26(15-13-25)24-31-35-34(41-36-31)40-30-18-16-29(17-19-30)33(39)38-22-20-37(21-23-38)32(27-8-4-2-5-9-27)28-10-6-3-7-11-28/h2-19,32H,20-24H2,1H3. The molecule has 1 amide bonds. The second-order valence-corrected chi connectivity index (χ2v) is 11.0. The molecule has 0 bridgehead atoms. The van der Waals surface area contributed by atoms with Gasteiger partial charge < -0.3 is 9.64 Å². The lowest BCUT2D eigenvalue weighted by Gasteiger charge is -2.39. The Balaban J connectivity index is 1.06. The van der Waals surface area contributed by atoms with Crippen molar-refractivity contribution in [3.05, 3.63) is 143 Å². The zero-order valence-corrected chi connectivity index (χ0v) is 23.8. The van der Waals surface area contributed by atoms with Crippen LogP contribution >= 0.6 is 11.5 Å². The van der Waals surface area contributed by atoms with Gasteiger partial charge in [-0.15, -0.1) is 0 Å². The number of carbonyl (C=O) groups is 1. The SMILES string of the molecule is Cc1ccc(Cc2nsc(Oc3ccc(C(=O)N4CCN(C(c5ccccc5)c5ccccc5)CC4)cc3)n2)cc1. The molecule has 1 fully saturated rings. The van der Waals surface area contributed by atoms with Gasteiger partial charge in [-0.2, -0.15) is 9.36 Å². The van der Waals surface area contributed by atoms with Gasteiger partial charge in [-0.1, -0.05) is 90.5 Å². The minimum atomic E-state index is 0.0449. The Bertz CT molecular complexity index is 1520. The second kappa shape index (κ2) is 12.5. The third-order valence-electron chi connectivity index (χ3n) is 7.44. The molecule has 1 aliphatic rings. The van der Waals surface area contributed by atoms with Gasteiger partial charge in [-0.05, 0) is 47.9 Å². The van der Waals surface area contributed by atoms with Crippen molar-refractivity contribution in [1.82, 2.24) is 19.2 Å². The van der Waals surface area contributed by atoms with E-state index in [4.69, 9.17) is 4.74 Å². The largest absolute Gasteiger partial charge is 0.430 e. The Labute approximate surface area is 245 Å². The first-order valence-corrected chi connectivity index (χ1v) is 14.7. The van der Waals surface area contributed by atoms with Gasteiger partial charge in [0.25, 0.3) is 11.1 Å². The molecule has 0 unspecified atom stereocenters. The third-order valence-corrected chi connectivity index (χ3v) is 8.07. The van der Waals surface area contributed by atoms with Gasteiger partial charge in [-0.25, -0.2) is 0 Å². The number of ether oxygens (including phenoxy) is 1. The van der Waals surface area contributed by atoms with Crippen LogP contribution in [0, 0.1) is 6.92 Å². The van der Waals surface area contributed by atoms with Crippen LogP contribution in [0.4, 0.5) is 0 Å². The van der Waals surface area contributed by atoms with E-state index in [9.17, 15) is 4.79 Å². The molecular formula is C34H32N4O2S. The lowest BCUT2D eigenvalue weighted by Crippen LogP contribution is -2.49. The first-order chi connectivity index (χ1) is 20.1. The van der Waals surface area contributed by atoms with Crippen molar-refractivity contribution in [1.29, 1.82) is 0 Å². The number of hydrogen-bond acceptors (Lipinski definition) is 6. The van der Waals surface area contributed by atoms with E-state index in [0.29, 0.717) is 36.0 Å². The van der Waals surface area contributed by atoms with Gasteiger partial charge >= 0.3 is 0 Å². The lowest BCUT2D eigenvalue weighted by molar-refractivity contribution is 0.0597. The molecule has 0 aliphatic carbocycles. The van der Waals surface area contributed by atoms with Crippen LogP contribution < -0.4 is 4.74 Å². The average molecular weight is 561 g/mol. The molecule has 6 nitrogen and oxygen atoms in total. The molecule has 0 N–H and O–H groups in total. The number of piperazine rings is 1. The van der Waals surface area contributed by atoms with Gasteiger partial charge in [-0.3, -0.25) is 9.69 Å². The second-order valence-electron chi connectivity index (χ2n) is 10.3. The summed E-state index contributed by atoms with van der Waals surface area (Å²) >= 11 is 1.24. The van der Waals surface area contributed by atoms with E-state index in [1.54, 1.807) is 0 Å². The predicted octanol–water partition coefficient (Wildman–Crippen LogP) is 6.78. The highest BCUT2D eigenvalue weighted by Gasteiger charge is 2.28. The quantitative estimate of drug-likeness (QED) is 0.209. The summed E-state index contributed by atoms with van der Waals surface area (Å²) in [6.45, 7) is 5.06. The van der Waals surface area contributed by atoms with E-state index >= 15 is 0 Å². The van der Waals surface area contributed by atoms with Crippen LogP contribution in [0.5, 0.6) is 10.9 Å². The van der Waals surface area contributed by atoms with Crippen molar-refractivity contribution in [3.63, 3.8) is 0 Å². The first-order valence-electron chi connectivity index (χ1n) is 13.9. The van der Waals surface area contributed by atoms with Gasteiger partial charge in [0, 0.05) is 49.7 Å². The van der Waals surface area contributed by atoms with Gasteiger partial charge in [0.2, 0.25) is 0 Å². The molecule has 0 atom stereocenters. The van der Waals surface area contributed by atoms with Crippen LogP contribution in [0.2, 0.25) is 0 Å². The summed E-state index contributed by atoms with van der Waals surface area (Å²) in [6.07, 6.45) is 0.665. The predicted molar refractivity (Wildman–Crippen MR) is 163 cm³/mol. The summed E-state index contributed by atoms with van der Waals surface area (Å²) in [6, 6.07) is 37.1. The molecule has 5 aromatic rings. The molecule has 206 valence electrons. The molecule has 1 aliphatic heterocycles. The lowest BCUT2D eigenvalue weighted by atomic mass is 9.96. The number of aromatic nitrogens is 2. The summed E-state index contributed by atoms with van der Waals surface area (Å²) in [5.41, 5.74) is 5.59. The molecule has 1 aromatic heterocycles. The van der Waals surface area contributed by atoms with Crippen molar-refractivity contribution in [2.45, 2.75) is 19.4 Å². The Morgan fingerprint density at radius 2 is 1.41 bits per heavy atom. The highest BCUT2D eigenvalue weighted by atomic mass is 32.1. The Hall–Kier alpha value is -4.33. The molecule has 41 heavy (non-hydrogen) atoms. The van der Waals surface area contributed by atoms with E-state index in [-0.39, 0.29) is 11.9 Å². The van der Waals surface area contributed by atoms with Gasteiger partial charge in [0.1, 0.15) is 5.75 Å². The Kier molecular flexibility index (Phi) is 8.16. The highest BCUT2D eigenvalue weighted by molar-refractivity contribution is 7.07. The van der Waals surface area contributed by atoms with E-state index in [2.05, 4.69) is 106 Å². The Morgan fingerprint density at radius 3 is 2.02 bits per heavy atom. The molecule has 0 spiro atoms. The fourth-order valence-corrected chi connectivity index (χ4v) is 5.83. The summed E-state index contributed by atoms with van der Waals surface area (Å²) in [7, 11) is 0. The number of carbonyl (C=O) groups excluding carboxylic acids is 1. The summed E-state index contributed by atoms with van der Waals surface area (Å²) in [5.74, 6) is 1.42. The van der Waals surface area contributed by atoms with E-state index in [0.717, 1.165) is 18.9 Å². The highest BCUT2D eigenvalue weighted by Crippen LogP contribution is 2.30. The molecule has 1 saturated heterocycles. The van der Waals surface area contributed by atoms with Gasteiger partial charge in [0.05, 0.1) is 6.04 Å². The minimum Gasteiger partial charge on any atom is -0.430 e. The maximum atomic E-state index is 13.3. The molecule has 2 heterocycles. The van der Waals surface area contributed by atoms with Crippen LogP contribution in [0.25, 0.3) is 0 Å². The summed E-state index contributed by atoms with van der Waals surface area (Å²) in [5, 5.41) is 0.494. The van der Waals surface area contributed by atoms with Crippen molar-refractivity contribution in [2.75, 3.05) is 26.2 Å². The molecular weight excluding hydrogens is 528 g/mol. The van der Waals surface area contributed by atoms with E-state index in [1.165, 1.54) is 33.8 Å². The average Bonchev–Trinajstić information content (AvgIpc) is 3.46. The maximum absolute atomic E-state index is 13.3. The zero-order valence-electron chi connectivity index (χ0n) is 23.0. The molecule has 6 rings (SSSR count). The summed E-state index contributed by atoms with van der Waals surface area (Å²) < 4.78 is 10.4. The fourth-order valence-electron chi connectivity index (χ4n) is 5.26. The number of amides is 1. The van der Waals surface area contributed by atoms with E-state index < -0.39 is 0 Å². The van der Waals surface area contributed by atoms with Crippen molar-refractivity contribution in [2.24, 2.45) is 0 Å². The summed E-state index contributed by atoms with van der Waals surface area (Å²) in [4.78, 5) is 22.3. The first kappa shape index (κ1) is 26.9. The fraction of sp³-hybridized carbons (Fsp3) is 0.206. The van der Waals surface area contributed by atoms with Crippen LogP contribution in [-0.2, 0) is 6.42 Å². The minimum absolute atomic E-state index is 0.0449. The van der Waals surface area contributed by atoms with Crippen molar-refractivity contribution >= 4 is 17.4 Å². The molecule has 4 aromatic carbocycles. The van der Waals surface area contributed by atoms with Crippen molar-refractivity contribution < 1.29 is 9.53 Å². The maximum Gasteiger partial charge on any atom is 0.298 e. The van der Waals surface area contributed by atoms with Crippen LogP contribution in [-0.4, -0.2) is 51.2 Å². The number of aryl methyl sites for hydroxylation is 1. The molecule has 7 heteroatoms. The zero-order chi connectivity index (χ0) is 28.0. The smallest absolute Gasteiger partial charge is 0.298 e. The van der Waals surface area contributed by atoms with Crippen LogP contribution in [0.1, 0.15) is 44.5 Å². The number of hydrogen-bond donors (Lipinski definition) is 0. The van der Waals surface area contributed by atoms with Gasteiger partial charge in [0.15, 0.2) is 5.82 Å². The number of rotatable bonds is 8. The van der Waals surface area contributed by atoms with E-state index in [1.807, 2.05) is 29.2 Å².